The van der Waals surface area contributed by atoms with Gasteiger partial charge in [0, 0.05) is 18.4 Å². The maximum atomic E-state index is 4.47. The first kappa shape index (κ1) is 29.9. The summed E-state index contributed by atoms with van der Waals surface area (Å²) in [7, 11) is 2.09. The van der Waals surface area contributed by atoms with Gasteiger partial charge < -0.3 is 4.57 Å². The summed E-state index contributed by atoms with van der Waals surface area (Å²) >= 11 is 1.85. The van der Waals surface area contributed by atoms with E-state index < -0.39 is 0 Å². The Balaban J connectivity index is 1.48. The van der Waals surface area contributed by atoms with Crippen LogP contribution in [0, 0.1) is 0 Å². The number of hydrogen-bond acceptors (Lipinski definition) is 3. The fourth-order valence-electron chi connectivity index (χ4n) is 4.62. The van der Waals surface area contributed by atoms with E-state index in [1.807, 2.05) is 11.8 Å². The molecule has 0 atom stereocenters. The monoisotopic (exact) mass is 499 g/mol. The number of nitrogens with zero attached hydrogens (tertiary/aromatic N) is 3. The Labute approximate surface area is 221 Å². The standard InChI is InChI=1S/C31H53N3S/c1-6-7-8-9-10-11-12-13-14-15-16-17-18-19-20-21-26-35-30-33-32-29(34(30)5)27-22-24-28(25-23-27)31(2,3)4/h22-25H,6-21,26H2,1-5H3. The second kappa shape index (κ2) is 17.2. The highest BCUT2D eigenvalue weighted by atomic mass is 32.2. The molecular formula is C31H53N3S. The predicted molar refractivity (Wildman–Crippen MR) is 155 cm³/mol. The maximum absolute atomic E-state index is 4.47. The van der Waals surface area contributed by atoms with Gasteiger partial charge in [-0.1, -0.05) is 160 Å². The van der Waals surface area contributed by atoms with Gasteiger partial charge in [-0.3, -0.25) is 0 Å². The third kappa shape index (κ3) is 12.0. The van der Waals surface area contributed by atoms with E-state index in [0.29, 0.717) is 0 Å². The summed E-state index contributed by atoms with van der Waals surface area (Å²) in [6.45, 7) is 9.04. The lowest BCUT2D eigenvalue weighted by Crippen LogP contribution is -2.10. The number of hydrogen-bond donors (Lipinski definition) is 0. The molecule has 0 aliphatic carbocycles. The van der Waals surface area contributed by atoms with E-state index in [1.54, 1.807) is 0 Å². The van der Waals surface area contributed by atoms with E-state index >= 15 is 0 Å². The average molecular weight is 500 g/mol. The summed E-state index contributed by atoms with van der Waals surface area (Å²) in [4.78, 5) is 0. The van der Waals surface area contributed by atoms with Crippen LogP contribution in [-0.2, 0) is 12.5 Å². The van der Waals surface area contributed by atoms with Crippen molar-refractivity contribution >= 4 is 11.8 Å². The first-order chi connectivity index (χ1) is 16.9. The number of thioether (sulfide) groups is 1. The van der Waals surface area contributed by atoms with Crippen LogP contribution in [0.3, 0.4) is 0 Å². The van der Waals surface area contributed by atoms with Gasteiger partial charge in [-0.15, -0.1) is 10.2 Å². The number of rotatable bonds is 19. The molecule has 3 nitrogen and oxygen atoms in total. The second-order valence-electron chi connectivity index (χ2n) is 11.3. The van der Waals surface area contributed by atoms with Crippen LogP contribution in [0.1, 0.15) is 136 Å². The van der Waals surface area contributed by atoms with E-state index in [9.17, 15) is 0 Å². The van der Waals surface area contributed by atoms with Crippen molar-refractivity contribution in [2.45, 2.75) is 141 Å². The maximum Gasteiger partial charge on any atom is 0.191 e. The highest BCUT2D eigenvalue weighted by molar-refractivity contribution is 7.99. The Hall–Kier alpha value is -1.29. The fraction of sp³-hybridized carbons (Fsp3) is 0.742. The normalized spacial score (nSPS) is 11.9. The van der Waals surface area contributed by atoms with Gasteiger partial charge >= 0.3 is 0 Å². The van der Waals surface area contributed by atoms with Crippen LogP contribution < -0.4 is 0 Å². The Morgan fingerprint density at radius 2 is 1.11 bits per heavy atom. The molecule has 0 N–H and O–H groups in total. The molecule has 0 radical (unpaired) electrons. The first-order valence-corrected chi connectivity index (χ1v) is 15.5. The molecule has 1 aromatic heterocycles. The zero-order valence-electron chi connectivity index (χ0n) is 23.6. The number of aromatic nitrogens is 3. The number of benzene rings is 1. The molecule has 1 aromatic carbocycles. The lowest BCUT2D eigenvalue weighted by molar-refractivity contribution is 0.531. The molecule has 0 amide bonds. The molecule has 0 bridgehead atoms. The summed E-state index contributed by atoms with van der Waals surface area (Å²) in [5.74, 6) is 2.09. The van der Waals surface area contributed by atoms with Gasteiger partial charge in [0.15, 0.2) is 11.0 Å². The minimum Gasteiger partial charge on any atom is -0.305 e. The highest BCUT2D eigenvalue weighted by Crippen LogP contribution is 2.27. The number of unbranched alkanes of at least 4 members (excludes halogenated alkanes) is 15. The lowest BCUT2D eigenvalue weighted by atomic mass is 9.87. The molecule has 198 valence electrons. The Kier molecular flexibility index (Phi) is 14.7. The van der Waals surface area contributed by atoms with Gasteiger partial charge in [-0.25, -0.2) is 0 Å². The molecule has 0 fully saturated rings. The van der Waals surface area contributed by atoms with Crippen molar-refractivity contribution in [3.05, 3.63) is 29.8 Å². The van der Waals surface area contributed by atoms with Crippen molar-refractivity contribution < 1.29 is 0 Å². The molecular weight excluding hydrogens is 446 g/mol. The molecule has 0 unspecified atom stereocenters. The van der Waals surface area contributed by atoms with Crippen molar-refractivity contribution in [2.24, 2.45) is 7.05 Å². The minimum absolute atomic E-state index is 0.173. The van der Waals surface area contributed by atoms with E-state index in [1.165, 1.54) is 108 Å². The molecule has 0 saturated heterocycles. The minimum atomic E-state index is 0.173. The summed E-state index contributed by atoms with van der Waals surface area (Å²) in [6.07, 6.45) is 22.7. The molecule has 4 heteroatoms. The van der Waals surface area contributed by atoms with E-state index in [-0.39, 0.29) is 5.41 Å². The van der Waals surface area contributed by atoms with Crippen molar-refractivity contribution in [2.75, 3.05) is 5.75 Å². The molecule has 35 heavy (non-hydrogen) atoms. The summed E-state index contributed by atoms with van der Waals surface area (Å²) < 4.78 is 2.14. The Morgan fingerprint density at radius 3 is 1.57 bits per heavy atom. The van der Waals surface area contributed by atoms with Gasteiger partial charge in [-0.2, -0.15) is 0 Å². The lowest BCUT2D eigenvalue weighted by Gasteiger charge is -2.19. The summed E-state index contributed by atoms with van der Waals surface area (Å²) in [5.41, 5.74) is 2.66. The van der Waals surface area contributed by atoms with Crippen molar-refractivity contribution in [1.82, 2.24) is 14.8 Å². The Bertz CT molecular complexity index is 789. The van der Waals surface area contributed by atoms with Crippen LogP contribution in [0.15, 0.2) is 29.4 Å². The highest BCUT2D eigenvalue weighted by Gasteiger charge is 2.15. The second-order valence-corrected chi connectivity index (χ2v) is 12.4. The van der Waals surface area contributed by atoms with E-state index in [0.717, 1.165) is 22.3 Å². The van der Waals surface area contributed by atoms with Gasteiger partial charge in [0.1, 0.15) is 0 Å². The van der Waals surface area contributed by atoms with Gasteiger partial charge in [0.05, 0.1) is 0 Å². The fourth-order valence-corrected chi connectivity index (χ4v) is 5.53. The zero-order chi connectivity index (χ0) is 25.4. The zero-order valence-corrected chi connectivity index (χ0v) is 24.4. The molecule has 0 aliphatic heterocycles. The first-order valence-electron chi connectivity index (χ1n) is 14.6. The van der Waals surface area contributed by atoms with Crippen LogP contribution in [0.4, 0.5) is 0 Å². The van der Waals surface area contributed by atoms with Gasteiger partial charge in [-0.05, 0) is 17.4 Å². The van der Waals surface area contributed by atoms with E-state index in [4.69, 9.17) is 0 Å². The molecule has 2 aromatic rings. The summed E-state index contributed by atoms with van der Waals surface area (Å²) in [5, 5.41) is 9.94. The molecule has 1 heterocycles. The van der Waals surface area contributed by atoms with Crippen molar-refractivity contribution in [3.8, 4) is 11.4 Å². The van der Waals surface area contributed by atoms with Crippen LogP contribution in [0.5, 0.6) is 0 Å². The Morgan fingerprint density at radius 1 is 0.657 bits per heavy atom. The topological polar surface area (TPSA) is 30.7 Å². The predicted octanol–water partition coefficient (Wildman–Crippen LogP) is 10.1. The molecule has 0 spiro atoms. The summed E-state index contributed by atoms with van der Waals surface area (Å²) in [6, 6.07) is 8.78. The van der Waals surface area contributed by atoms with Crippen molar-refractivity contribution in [3.63, 3.8) is 0 Å². The molecule has 2 rings (SSSR count). The van der Waals surface area contributed by atoms with Crippen LogP contribution in [-0.4, -0.2) is 20.5 Å². The van der Waals surface area contributed by atoms with E-state index in [2.05, 4.69) is 73.8 Å². The average Bonchev–Trinajstić information content (AvgIpc) is 3.20. The molecule has 0 saturated carbocycles. The van der Waals surface area contributed by atoms with Crippen LogP contribution in [0.25, 0.3) is 11.4 Å². The van der Waals surface area contributed by atoms with Crippen LogP contribution >= 0.6 is 11.8 Å². The van der Waals surface area contributed by atoms with Crippen molar-refractivity contribution in [1.29, 1.82) is 0 Å². The largest absolute Gasteiger partial charge is 0.305 e. The quantitative estimate of drug-likeness (QED) is 0.142. The SMILES string of the molecule is CCCCCCCCCCCCCCCCCCSc1nnc(-c2ccc(C(C)(C)C)cc2)n1C. The van der Waals surface area contributed by atoms with Crippen LogP contribution in [0.2, 0.25) is 0 Å². The molecule has 0 aliphatic rings. The van der Waals surface area contributed by atoms with Gasteiger partial charge in [0.25, 0.3) is 0 Å². The smallest absolute Gasteiger partial charge is 0.191 e. The van der Waals surface area contributed by atoms with Gasteiger partial charge in [0.2, 0.25) is 0 Å². The third-order valence-electron chi connectivity index (χ3n) is 7.07. The third-order valence-corrected chi connectivity index (χ3v) is 8.18.